The number of carboxylic acid groups (broad SMARTS) is 2. The Hall–Kier alpha value is -3.95. The highest BCUT2D eigenvalue weighted by atomic mass is 19.4. The Morgan fingerprint density at radius 3 is 2.00 bits per heavy atom. The largest absolute Gasteiger partial charge is 0.490 e. The van der Waals surface area contributed by atoms with E-state index < -0.39 is 24.3 Å². The number of carbonyl (C=O) groups is 3. The summed E-state index contributed by atoms with van der Waals surface area (Å²) in [6.07, 6.45) is 3.77. The number of aromatic nitrogens is 3. The highest BCUT2D eigenvalue weighted by Crippen LogP contribution is 2.27. The summed E-state index contributed by atoms with van der Waals surface area (Å²) < 4.78 is 65.4. The summed E-state index contributed by atoms with van der Waals surface area (Å²) in [6.45, 7) is 3.40. The van der Waals surface area contributed by atoms with Crippen LogP contribution >= 0.6 is 0 Å². The van der Waals surface area contributed by atoms with Gasteiger partial charge < -0.3 is 20.4 Å². The minimum atomic E-state index is -5.08. The molecule has 0 radical (unpaired) electrons. The summed E-state index contributed by atoms with van der Waals surface area (Å²) in [7, 11) is 0. The lowest BCUT2D eigenvalue weighted by molar-refractivity contribution is -0.193. The molecule has 1 saturated heterocycles. The van der Waals surface area contributed by atoms with Crippen molar-refractivity contribution in [3.05, 3.63) is 54.5 Å². The van der Waals surface area contributed by atoms with Crippen molar-refractivity contribution < 1.29 is 50.9 Å². The summed E-state index contributed by atoms with van der Waals surface area (Å²) in [5, 5.41) is 21.7. The number of piperidine rings is 1. The lowest BCUT2D eigenvalue weighted by atomic mass is 9.93. The van der Waals surface area contributed by atoms with Crippen LogP contribution in [0.15, 0.2) is 48.8 Å². The molecule has 2 aliphatic rings. The van der Waals surface area contributed by atoms with Crippen LogP contribution in [0, 0.1) is 5.92 Å². The van der Waals surface area contributed by atoms with Crippen molar-refractivity contribution in [3.63, 3.8) is 0 Å². The van der Waals surface area contributed by atoms with Gasteiger partial charge in [-0.2, -0.15) is 31.4 Å². The van der Waals surface area contributed by atoms with Crippen molar-refractivity contribution in [3.8, 4) is 0 Å². The molecule has 3 heterocycles. The Kier molecular flexibility index (Phi) is 12.3. The summed E-state index contributed by atoms with van der Waals surface area (Å²) in [4.78, 5) is 36.9. The topological polar surface area (TPSA) is 138 Å². The zero-order chi connectivity index (χ0) is 30.6. The molecule has 226 valence electrons. The van der Waals surface area contributed by atoms with Gasteiger partial charge in [0.25, 0.3) is 5.91 Å². The highest BCUT2D eigenvalue weighted by molar-refractivity contribution is 6.02. The minimum absolute atomic E-state index is 0.194. The standard InChI is InChI=1S/C21H27N5O.2C2HF3O2/c27-21(19-8-4-5-12-22-19)24-20-9-13-23-26(20)18-10-14-25(15-11-18)16-17-6-2-1-3-7-17;2*3-2(4,5)1(6)7/h1-2,4-5,8-9,12-13,17-18H,3,6-7,10-11,14-16H2,(H,24,27);2*(H,6,7). The number of carbonyl (C=O) groups excluding carboxylic acids is 1. The maximum Gasteiger partial charge on any atom is 0.490 e. The van der Waals surface area contributed by atoms with Crippen molar-refractivity contribution in [2.24, 2.45) is 5.92 Å². The van der Waals surface area contributed by atoms with Crippen molar-refractivity contribution in [2.75, 3.05) is 25.0 Å². The third-order valence-electron chi connectivity index (χ3n) is 6.09. The molecule has 2 aromatic heterocycles. The molecule has 0 spiro atoms. The maximum absolute atomic E-state index is 12.4. The quantitative estimate of drug-likeness (QED) is 0.333. The number of anilines is 1. The number of allylic oxidation sites excluding steroid dienone is 2. The number of carboxylic acids is 2. The van der Waals surface area contributed by atoms with E-state index in [1.165, 1.54) is 25.8 Å². The van der Waals surface area contributed by atoms with Crippen molar-refractivity contribution in [2.45, 2.75) is 50.5 Å². The van der Waals surface area contributed by atoms with E-state index in [1.807, 2.05) is 16.8 Å². The molecule has 3 N–H and O–H groups in total. The van der Waals surface area contributed by atoms with E-state index >= 15 is 0 Å². The number of amides is 1. The van der Waals surface area contributed by atoms with E-state index in [0.717, 1.165) is 37.7 Å². The first-order valence-electron chi connectivity index (χ1n) is 12.4. The first kappa shape index (κ1) is 33.3. The fourth-order valence-corrected chi connectivity index (χ4v) is 4.12. The first-order valence-corrected chi connectivity index (χ1v) is 12.4. The Morgan fingerprint density at radius 1 is 0.902 bits per heavy atom. The molecule has 10 nitrogen and oxygen atoms in total. The molecule has 4 rings (SSSR count). The number of likely N-dealkylation sites (tertiary alicyclic amines) is 1. The normalized spacial score (nSPS) is 17.9. The van der Waals surface area contributed by atoms with Crippen molar-refractivity contribution in [1.82, 2.24) is 19.7 Å². The third-order valence-corrected chi connectivity index (χ3v) is 6.09. The summed E-state index contributed by atoms with van der Waals surface area (Å²) in [5.74, 6) is -4.15. The van der Waals surface area contributed by atoms with E-state index in [1.54, 1.807) is 24.5 Å². The molecule has 1 amide bonds. The molecule has 1 atom stereocenters. The van der Waals surface area contributed by atoms with Crippen LogP contribution in [-0.2, 0) is 9.59 Å². The summed E-state index contributed by atoms with van der Waals surface area (Å²) >= 11 is 0. The molecule has 1 unspecified atom stereocenters. The van der Waals surface area contributed by atoms with Gasteiger partial charge in [-0.15, -0.1) is 0 Å². The van der Waals surface area contributed by atoms with Gasteiger partial charge in [0.2, 0.25) is 0 Å². The molecule has 1 fully saturated rings. The predicted octanol–water partition coefficient (Wildman–Crippen LogP) is 4.79. The highest BCUT2D eigenvalue weighted by Gasteiger charge is 2.38. The lowest BCUT2D eigenvalue weighted by Crippen LogP contribution is -2.38. The molecule has 41 heavy (non-hydrogen) atoms. The molecular weight excluding hydrogens is 564 g/mol. The third kappa shape index (κ3) is 11.6. The number of nitrogens with one attached hydrogen (secondary N) is 1. The second-order valence-electron chi connectivity index (χ2n) is 9.12. The van der Waals surface area contributed by atoms with E-state index in [-0.39, 0.29) is 5.91 Å². The number of hydrogen-bond acceptors (Lipinski definition) is 6. The van der Waals surface area contributed by atoms with Gasteiger partial charge in [0.15, 0.2) is 0 Å². The number of rotatable bonds is 5. The van der Waals surface area contributed by atoms with Crippen LogP contribution in [-0.4, -0.2) is 79.7 Å². The van der Waals surface area contributed by atoms with E-state index in [0.29, 0.717) is 11.7 Å². The zero-order valence-electron chi connectivity index (χ0n) is 21.6. The molecular formula is C25H29F6N5O5. The summed E-state index contributed by atoms with van der Waals surface area (Å²) in [5.41, 5.74) is 0.418. The minimum Gasteiger partial charge on any atom is -0.475 e. The number of nitrogens with zero attached hydrogens (tertiary/aromatic N) is 4. The molecule has 1 aliphatic carbocycles. The second-order valence-corrected chi connectivity index (χ2v) is 9.12. The van der Waals surface area contributed by atoms with Gasteiger partial charge in [-0.05, 0) is 50.2 Å². The van der Waals surface area contributed by atoms with Crippen LogP contribution in [0.2, 0.25) is 0 Å². The van der Waals surface area contributed by atoms with Crippen LogP contribution in [0.5, 0.6) is 0 Å². The van der Waals surface area contributed by atoms with Crippen LogP contribution < -0.4 is 5.32 Å². The predicted molar refractivity (Wildman–Crippen MR) is 133 cm³/mol. The average Bonchev–Trinajstić information content (AvgIpc) is 3.38. The molecule has 0 saturated carbocycles. The fourth-order valence-electron chi connectivity index (χ4n) is 4.12. The van der Waals surface area contributed by atoms with Crippen LogP contribution in [0.25, 0.3) is 0 Å². The number of alkyl halides is 6. The van der Waals surface area contributed by atoms with Gasteiger partial charge in [-0.25, -0.2) is 14.3 Å². The van der Waals surface area contributed by atoms with Gasteiger partial charge in [0.05, 0.1) is 12.2 Å². The fraction of sp³-hybridized carbons (Fsp3) is 0.480. The Bertz CT molecular complexity index is 1140. The monoisotopic (exact) mass is 593 g/mol. The van der Waals surface area contributed by atoms with Gasteiger partial charge in [-0.3, -0.25) is 9.78 Å². The van der Waals surface area contributed by atoms with Crippen LogP contribution in [0.1, 0.15) is 48.6 Å². The Morgan fingerprint density at radius 2 is 1.51 bits per heavy atom. The number of aliphatic carboxylic acids is 2. The second kappa shape index (κ2) is 15.2. The summed E-state index contributed by atoms with van der Waals surface area (Å²) in [6, 6.07) is 7.54. The van der Waals surface area contributed by atoms with E-state index in [2.05, 4.69) is 32.5 Å². The Balaban J connectivity index is 0.000000349. The average molecular weight is 594 g/mol. The number of hydrogen-bond donors (Lipinski definition) is 3. The van der Waals surface area contributed by atoms with Gasteiger partial charge >= 0.3 is 24.3 Å². The SMILES string of the molecule is O=C(Nc1ccnn1C1CCN(CC2CC=CCC2)CC1)c1ccccn1.O=C(O)C(F)(F)F.O=C(O)C(F)(F)F. The molecule has 2 aromatic rings. The number of halogens is 6. The van der Waals surface area contributed by atoms with Crippen molar-refractivity contribution >= 4 is 23.7 Å². The van der Waals surface area contributed by atoms with Crippen LogP contribution in [0.3, 0.4) is 0 Å². The van der Waals surface area contributed by atoms with Crippen molar-refractivity contribution in [1.29, 1.82) is 0 Å². The Labute approximate surface area is 230 Å². The lowest BCUT2D eigenvalue weighted by Gasteiger charge is -2.35. The van der Waals surface area contributed by atoms with E-state index in [4.69, 9.17) is 19.8 Å². The molecule has 0 bridgehead atoms. The molecule has 0 aromatic carbocycles. The number of pyridine rings is 1. The van der Waals surface area contributed by atoms with Gasteiger partial charge in [0.1, 0.15) is 11.5 Å². The maximum atomic E-state index is 12.4. The van der Waals surface area contributed by atoms with Gasteiger partial charge in [0, 0.05) is 31.9 Å². The first-order chi connectivity index (χ1) is 19.2. The molecule has 16 heteroatoms. The smallest absolute Gasteiger partial charge is 0.475 e. The zero-order valence-corrected chi connectivity index (χ0v) is 21.6. The van der Waals surface area contributed by atoms with Gasteiger partial charge in [-0.1, -0.05) is 18.2 Å². The van der Waals surface area contributed by atoms with E-state index in [9.17, 15) is 31.1 Å². The molecule has 1 aliphatic heterocycles. The van der Waals surface area contributed by atoms with Crippen LogP contribution in [0.4, 0.5) is 32.2 Å².